The lowest BCUT2D eigenvalue weighted by molar-refractivity contribution is 0.692. The Kier molecular flexibility index (Phi) is 2.15. The van der Waals surface area contributed by atoms with Crippen LogP contribution in [0.2, 0.25) is 0 Å². The molecule has 2 fully saturated rings. The summed E-state index contributed by atoms with van der Waals surface area (Å²) in [5.74, 6) is 0. The van der Waals surface area contributed by atoms with Crippen LogP contribution >= 0.6 is 0 Å². The van der Waals surface area contributed by atoms with Crippen molar-refractivity contribution in [2.75, 3.05) is 11.4 Å². The number of aryl methyl sites for hydroxylation is 1. The average molecular weight is 277 g/mol. The van der Waals surface area contributed by atoms with Crippen molar-refractivity contribution in [2.24, 2.45) is 0 Å². The van der Waals surface area contributed by atoms with E-state index < -0.39 is 0 Å². The average Bonchev–Trinajstić information content (AvgIpc) is 3.39. The fourth-order valence-electron chi connectivity index (χ4n) is 3.74. The standard InChI is InChI=1S/C18H19N3/c1-12-8-13(4-7-19-12)16-9-17-15(10-20-16)18(5-6-18)11-21(17)14-2-3-14/h4,7-10,14H,2-3,5-6,11H2,1H3. The Morgan fingerprint density at radius 1 is 1.19 bits per heavy atom. The first-order valence-corrected chi connectivity index (χ1v) is 7.95. The van der Waals surface area contributed by atoms with E-state index in [2.05, 4.69) is 34.3 Å². The molecule has 2 aliphatic carbocycles. The molecule has 3 nitrogen and oxygen atoms in total. The minimum atomic E-state index is 0.456. The van der Waals surface area contributed by atoms with Gasteiger partial charge in [-0.1, -0.05) is 0 Å². The number of aromatic nitrogens is 2. The second-order valence-corrected chi connectivity index (χ2v) is 6.91. The Balaban J connectivity index is 1.62. The van der Waals surface area contributed by atoms with Crippen LogP contribution < -0.4 is 4.90 Å². The van der Waals surface area contributed by atoms with E-state index in [4.69, 9.17) is 4.98 Å². The number of fused-ring (bicyclic) bond motifs is 2. The molecule has 0 unspecified atom stereocenters. The van der Waals surface area contributed by atoms with Crippen LogP contribution in [0.1, 0.15) is 36.9 Å². The van der Waals surface area contributed by atoms with Gasteiger partial charge in [0.05, 0.1) is 5.69 Å². The van der Waals surface area contributed by atoms with Gasteiger partial charge in [0.25, 0.3) is 0 Å². The Hall–Kier alpha value is -1.90. The molecule has 1 spiro atoms. The SMILES string of the molecule is Cc1cc(-c2cc3c(cn2)C2(CC2)CN3C2CC2)ccn1. The third-order valence-corrected chi connectivity index (χ3v) is 5.27. The molecule has 0 atom stereocenters. The highest BCUT2D eigenvalue weighted by atomic mass is 15.2. The van der Waals surface area contributed by atoms with Gasteiger partial charge in [0.15, 0.2) is 0 Å². The van der Waals surface area contributed by atoms with E-state index in [0.29, 0.717) is 5.41 Å². The fraction of sp³-hybridized carbons (Fsp3) is 0.444. The van der Waals surface area contributed by atoms with Gasteiger partial charge < -0.3 is 4.90 Å². The molecular formula is C18H19N3. The highest BCUT2D eigenvalue weighted by Crippen LogP contribution is 2.58. The largest absolute Gasteiger partial charge is 0.367 e. The smallest absolute Gasteiger partial charge is 0.0724 e. The monoisotopic (exact) mass is 277 g/mol. The lowest BCUT2D eigenvalue weighted by Crippen LogP contribution is -2.26. The van der Waals surface area contributed by atoms with E-state index in [-0.39, 0.29) is 0 Å². The molecule has 0 bridgehead atoms. The van der Waals surface area contributed by atoms with Crippen molar-refractivity contribution in [3.8, 4) is 11.3 Å². The molecule has 3 aliphatic rings. The number of pyridine rings is 2. The molecule has 21 heavy (non-hydrogen) atoms. The van der Waals surface area contributed by atoms with Crippen molar-refractivity contribution in [1.82, 2.24) is 9.97 Å². The van der Waals surface area contributed by atoms with Crippen LogP contribution in [-0.2, 0) is 5.41 Å². The summed E-state index contributed by atoms with van der Waals surface area (Å²) in [6, 6.07) is 7.29. The molecule has 0 N–H and O–H groups in total. The summed E-state index contributed by atoms with van der Waals surface area (Å²) in [5.41, 5.74) is 6.73. The molecule has 0 amide bonds. The van der Waals surface area contributed by atoms with Crippen LogP contribution in [0, 0.1) is 6.92 Å². The van der Waals surface area contributed by atoms with E-state index in [1.165, 1.54) is 49.0 Å². The predicted octanol–water partition coefficient (Wildman–Crippen LogP) is 3.47. The maximum Gasteiger partial charge on any atom is 0.0724 e. The van der Waals surface area contributed by atoms with Crippen LogP contribution in [0.4, 0.5) is 5.69 Å². The highest BCUT2D eigenvalue weighted by molar-refractivity contribution is 5.72. The van der Waals surface area contributed by atoms with Gasteiger partial charge >= 0.3 is 0 Å². The van der Waals surface area contributed by atoms with Gasteiger partial charge in [-0.2, -0.15) is 0 Å². The van der Waals surface area contributed by atoms with Crippen molar-refractivity contribution in [3.63, 3.8) is 0 Å². The Bertz CT molecular complexity index is 729. The molecular weight excluding hydrogens is 258 g/mol. The molecule has 3 heterocycles. The first-order chi connectivity index (χ1) is 10.3. The zero-order valence-corrected chi connectivity index (χ0v) is 12.3. The van der Waals surface area contributed by atoms with E-state index in [9.17, 15) is 0 Å². The Labute approximate surface area is 125 Å². The molecule has 5 rings (SSSR count). The van der Waals surface area contributed by atoms with Gasteiger partial charge in [-0.15, -0.1) is 0 Å². The molecule has 106 valence electrons. The van der Waals surface area contributed by atoms with Crippen molar-refractivity contribution >= 4 is 5.69 Å². The van der Waals surface area contributed by atoms with Crippen molar-refractivity contribution in [3.05, 3.63) is 41.9 Å². The Morgan fingerprint density at radius 2 is 2.05 bits per heavy atom. The van der Waals surface area contributed by atoms with Crippen LogP contribution in [0.3, 0.4) is 0 Å². The number of nitrogens with zero attached hydrogens (tertiary/aromatic N) is 3. The van der Waals surface area contributed by atoms with Crippen molar-refractivity contribution in [1.29, 1.82) is 0 Å². The first-order valence-electron chi connectivity index (χ1n) is 7.95. The summed E-state index contributed by atoms with van der Waals surface area (Å²) in [7, 11) is 0. The molecule has 0 saturated heterocycles. The third kappa shape index (κ3) is 1.73. The quantitative estimate of drug-likeness (QED) is 0.841. The molecule has 1 aliphatic heterocycles. The van der Waals surface area contributed by atoms with Crippen molar-refractivity contribution < 1.29 is 0 Å². The molecule has 2 aromatic rings. The Morgan fingerprint density at radius 3 is 2.76 bits per heavy atom. The topological polar surface area (TPSA) is 29.0 Å². The van der Waals surface area contributed by atoms with Gasteiger partial charge in [-0.25, -0.2) is 0 Å². The number of hydrogen-bond acceptors (Lipinski definition) is 3. The predicted molar refractivity (Wildman–Crippen MR) is 83.5 cm³/mol. The van der Waals surface area contributed by atoms with Crippen LogP contribution in [0.25, 0.3) is 11.3 Å². The summed E-state index contributed by atoms with van der Waals surface area (Å²) in [6.07, 6.45) is 9.44. The van der Waals surface area contributed by atoms with Gasteiger partial charge in [0, 0.05) is 52.9 Å². The maximum absolute atomic E-state index is 4.76. The lowest BCUT2D eigenvalue weighted by atomic mass is 10.00. The number of rotatable bonds is 2. The van der Waals surface area contributed by atoms with E-state index in [1.54, 1.807) is 0 Å². The van der Waals surface area contributed by atoms with Crippen LogP contribution in [0.5, 0.6) is 0 Å². The van der Waals surface area contributed by atoms with Gasteiger partial charge in [-0.3, -0.25) is 9.97 Å². The summed E-state index contributed by atoms with van der Waals surface area (Å²) >= 11 is 0. The maximum atomic E-state index is 4.76. The van der Waals surface area contributed by atoms with Gasteiger partial charge in [-0.05, 0) is 50.8 Å². The molecule has 3 heteroatoms. The number of hydrogen-bond donors (Lipinski definition) is 0. The fourth-order valence-corrected chi connectivity index (χ4v) is 3.74. The van der Waals surface area contributed by atoms with Gasteiger partial charge in [0.1, 0.15) is 0 Å². The molecule has 2 saturated carbocycles. The minimum Gasteiger partial charge on any atom is -0.367 e. The normalized spacial score (nSPS) is 21.7. The minimum absolute atomic E-state index is 0.456. The molecule has 2 aromatic heterocycles. The lowest BCUT2D eigenvalue weighted by Gasteiger charge is -2.19. The first kappa shape index (κ1) is 11.7. The summed E-state index contributed by atoms with van der Waals surface area (Å²) in [5, 5.41) is 0. The zero-order valence-electron chi connectivity index (χ0n) is 12.3. The van der Waals surface area contributed by atoms with Crippen molar-refractivity contribution in [2.45, 2.75) is 44.1 Å². The van der Waals surface area contributed by atoms with E-state index in [1.807, 2.05) is 13.1 Å². The van der Waals surface area contributed by atoms with E-state index in [0.717, 1.165) is 17.4 Å². The molecule has 0 aromatic carbocycles. The zero-order chi connectivity index (χ0) is 14.0. The van der Waals surface area contributed by atoms with Crippen LogP contribution in [0.15, 0.2) is 30.6 Å². The van der Waals surface area contributed by atoms with E-state index >= 15 is 0 Å². The highest BCUT2D eigenvalue weighted by Gasteiger charge is 2.54. The summed E-state index contributed by atoms with van der Waals surface area (Å²) < 4.78 is 0. The summed E-state index contributed by atoms with van der Waals surface area (Å²) in [6.45, 7) is 3.26. The third-order valence-electron chi connectivity index (χ3n) is 5.27. The second kappa shape index (κ2) is 3.85. The second-order valence-electron chi connectivity index (χ2n) is 6.91. The summed E-state index contributed by atoms with van der Waals surface area (Å²) in [4.78, 5) is 11.7. The number of anilines is 1. The van der Waals surface area contributed by atoms with Gasteiger partial charge in [0.2, 0.25) is 0 Å². The molecule has 0 radical (unpaired) electrons. The van der Waals surface area contributed by atoms with Crippen LogP contribution in [-0.4, -0.2) is 22.6 Å².